The minimum Gasteiger partial charge on any atom is -0.496 e. The molecule has 0 radical (unpaired) electrons. The molecule has 0 spiro atoms. The normalized spacial score (nSPS) is 20.1. The topological polar surface area (TPSA) is 88.6 Å². The minimum absolute atomic E-state index is 0.0156. The molecule has 1 fully saturated rings. The molecule has 1 aromatic carbocycles. The van der Waals surface area contributed by atoms with Gasteiger partial charge in [0.25, 0.3) is 0 Å². The molecular formula is C27H33N5O3. The number of benzene rings is 1. The van der Waals surface area contributed by atoms with Crippen molar-refractivity contribution in [2.24, 2.45) is 0 Å². The lowest BCUT2D eigenvalue weighted by atomic mass is 9.88. The van der Waals surface area contributed by atoms with Gasteiger partial charge >= 0.3 is 0 Å². The number of anilines is 2. The molecule has 1 saturated heterocycles. The average molecular weight is 476 g/mol. The first-order chi connectivity index (χ1) is 17.1. The number of hydrogen-bond acceptors (Lipinski definition) is 7. The van der Waals surface area contributed by atoms with Crippen molar-refractivity contribution in [1.82, 2.24) is 20.2 Å². The highest BCUT2D eigenvalue weighted by molar-refractivity contribution is 5.87. The van der Waals surface area contributed by atoms with Crippen LogP contribution in [0.15, 0.2) is 42.1 Å². The van der Waals surface area contributed by atoms with E-state index in [4.69, 9.17) is 14.5 Å². The molecule has 2 aromatic rings. The van der Waals surface area contributed by atoms with Crippen molar-refractivity contribution in [3.63, 3.8) is 0 Å². The molecule has 1 amide bonds. The number of ether oxygens (including phenoxy) is 2. The van der Waals surface area contributed by atoms with Crippen LogP contribution in [0.1, 0.15) is 36.1 Å². The molecule has 3 heterocycles. The number of aryl methyl sites for hydroxylation is 1. The highest BCUT2D eigenvalue weighted by Gasteiger charge is 2.29. The third-order valence-electron chi connectivity index (χ3n) is 6.90. The monoisotopic (exact) mass is 475 g/mol. The second kappa shape index (κ2) is 10.6. The number of rotatable bonds is 7. The van der Waals surface area contributed by atoms with Crippen molar-refractivity contribution in [3.05, 3.63) is 58.9 Å². The summed E-state index contributed by atoms with van der Waals surface area (Å²) in [6, 6.07) is 5.85. The fourth-order valence-corrected chi connectivity index (χ4v) is 4.97. The number of morpholine rings is 1. The zero-order chi connectivity index (χ0) is 24.2. The third-order valence-corrected chi connectivity index (χ3v) is 6.90. The van der Waals surface area contributed by atoms with Gasteiger partial charge in [-0.2, -0.15) is 0 Å². The smallest absolute Gasteiger partial charge is 0.227 e. The molecule has 1 aromatic heterocycles. The lowest BCUT2D eigenvalue weighted by molar-refractivity contribution is -0.120. The highest BCUT2D eigenvalue weighted by atomic mass is 16.5. The summed E-state index contributed by atoms with van der Waals surface area (Å²) in [4.78, 5) is 24.4. The second-order valence-electron chi connectivity index (χ2n) is 9.38. The van der Waals surface area contributed by atoms with Crippen molar-refractivity contribution in [2.45, 2.75) is 38.6 Å². The van der Waals surface area contributed by atoms with Gasteiger partial charge in [0.1, 0.15) is 5.75 Å². The number of hydrogen-bond donors (Lipinski definition) is 2. The minimum atomic E-state index is -0.0608. The second-order valence-corrected chi connectivity index (χ2v) is 9.38. The van der Waals surface area contributed by atoms with Gasteiger partial charge in [-0.05, 0) is 44.4 Å². The molecule has 35 heavy (non-hydrogen) atoms. The van der Waals surface area contributed by atoms with Gasteiger partial charge in [0.2, 0.25) is 11.9 Å². The SMILES string of the molecule is COc1cc(Nc2ncc3c(n2)C2=CC=C(CCCN4CCOCC4)CC2NC(=O)C3)ccc1C. The molecule has 1 unspecified atom stereocenters. The van der Waals surface area contributed by atoms with Crippen molar-refractivity contribution in [2.75, 3.05) is 45.3 Å². The van der Waals surface area contributed by atoms with Gasteiger partial charge in [-0.25, -0.2) is 9.97 Å². The molecule has 2 aliphatic heterocycles. The quantitative estimate of drug-likeness (QED) is 0.635. The van der Waals surface area contributed by atoms with Crippen molar-refractivity contribution in [1.29, 1.82) is 0 Å². The molecule has 8 heteroatoms. The molecule has 2 N–H and O–H groups in total. The Kier molecular flexibility index (Phi) is 7.11. The van der Waals surface area contributed by atoms with Crippen LogP contribution < -0.4 is 15.4 Å². The Morgan fingerprint density at radius 3 is 2.94 bits per heavy atom. The van der Waals surface area contributed by atoms with E-state index in [2.05, 4.69) is 32.7 Å². The Morgan fingerprint density at radius 1 is 1.26 bits per heavy atom. The number of carbonyl (C=O) groups is 1. The summed E-state index contributed by atoms with van der Waals surface area (Å²) in [7, 11) is 1.66. The number of aromatic nitrogens is 2. The average Bonchev–Trinajstić information content (AvgIpc) is 3.00. The van der Waals surface area contributed by atoms with E-state index < -0.39 is 0 Å². The summed E-state index contributed by atoms with van der Waals surface area (Å²) >= 11 is 0. The lowest BCUT2D eigenvalue weighted by Gasteiger charge is -2.27. The maximum Gasteiger partial charge on any atom is 0.227 e. The lowest BCUT2D eigenvalue weighted by Crippen LogP contribution is -2.37. The number of allylic oxidation sites excluding steroid dienone is 2. The van der Waals surface area contributed by atoms with E-state index in [9.17, 15) is 4.79 Å². The molecule has 184 valence electrons. The standard InChI is InChI=1S/C27H33N5O3/c1-18-5-7-21(16-24(18)34-2)29-27-28-17-20-15-25(33)30-23-14-19(6-8-22(23)26(20)31-27)4-3-9-32-10-12-35-13-11-32/h5-8,16-17,23H,3-4,9-15H2,1-2H3,(H,30,33)(H,28,29,31). The van der Waals surface area contributed by atoms with Crippen LogP contribution in [0.25, 0.3) is 5.57 Å². The zero-order valence-electron chi connectivity index (χ0n) is 20.5. The van der Waals surface area contributed by atoms with E-state index in [-0.39, 0.29) is 18.4 Å². The summed E-state index contributed by atoms with van der Waals surface area (Å²) < 4.78 is 10.9. The van der Waals surface area contributed by atoms with Gasteiger partial charge in [0.05, 0.1) is 38.5 Å². The summed E-state index contributed by atoms with van der Waals surface area (Å²) in [5.74, 6) is 1.33. The Bertz CT molecular complexity index is 1150. The first-order valence-electron chi connectivity index (χ1n) is 12.4. The van der Waals surface area contributed by atoms with Crippen LogP contribution in [0.2, 0.25) is 0 Å². The fourth-order valence-electron chi connectivity index (χ4n) is 4.97. The van der Waals surface area contributed by atoms with Gasteiger partial charge in [-0.3, -0.25) is 9.69 Å². The van der Waals surface area contributed by atoms with Crippen LogP contribution >= 0.6 is 0 Å². The van der Waals surface area contributed by atoms with Crippen molar-refractivity contribution < 1.29 is 14.3 Å². The molecule has 0 bridgehead atoms. The van der Waals surface area contributed by atoms with Crippen molar-refractivity contribution >= 4 is 23.1 Å². The number of fused-ring (bicyclic) bond motifs is 3. The fraction of sp³-hybridized carbons (Fsp3) is 0.444. The molecule has 1 atom stereocenters. The summed E-state index contributed by atoms with van der Waals surface area (Å²) in [5, 5.41) is 6.50. The van der Waals surface area contributed by atoms with Gasteiger partial charge in [-0.1, -0.05) is 23.8 Å². The number of carbonyl (C=O) groups excluding carboxylic acids is 1. The number of nitrogens with zero attached hydrogens (tertiary/aromatic N) is 3. The predicted molar refractivity (Wildman–Crippen MR) is 136 cm³/mol. The highest BCUT2D eigenvalue weighted by Crippen LogP contribution is 2.33. The Morgan fingerprint density at radius 2 is 2.11 bits per heavy atom. The maximum absolute atomic E-state index is 12.6. The van der Waals surface area contributed by atoms with Crippen LogP contribution in [0.3, 0.4) is 0 Å². The van der Waals surface area contributed by atoms with Crippen LogP contribution in [0, 0.1) is 6.92 Å². The summed E-state index contributed by atoms with van der Waals surface area (Å²) in [5.41, 5.74) is 6.03. The van der Waals surface area contributed by atoms with E-state index in [1.807, 2.05) is 25.1 Å². The summed E-state index contributed by atoms with van der Waals surface area (Å²) in [6.45, 7) is 6.79. The maximum atomic E-state index is 12.6. The van der Waals surface area contributed by atoms with Crippen LogP contribution in [0.4, 0.5) is 11.6 Å². The van der Waals surface area contributed by atoms with Gasteiger partial charge in [0, 0.05) is 42.2 Å². The first kappa shape index (κ1) is 23.5. The van der Waals surface area contributed by atoms with Gasteiger partial charge in [-0.15, -0.1) is 0 Å². The molecule has 3 aliphatic rings. The van der Waals surface area contributed by atoms with Crippen LogP contribution in [-0.2, 0) is 16.0 Å². The Labute approximate surface area is 206 Å². The molecule has 1 aliphatic carbocycles. The molecule has 5 rings (SSSR count). The van der Waals surface area contributed by atoms with Crippen LogP contribution in [-0.4, -0.2) is 66.8 Å². The number of amides is 1. The van der Waals surface area contributed by atoms with E-state index in [1.54, 1.807) is 13.3 Å². The third kappa shape index (κ3) is 5.55. The Hall–Kier alpha value is -3.23. The van der Waals surface area contributed by atoms with E-state index >= 15 is 0 Å². The van der Waals surface area contributed by atoms with Crippen molar-refractivity contribution in [3.8, 4) is 5.75 Å². The molecule has 8 nitrogen and oxygen atoms in total. The van der Waals surface area contributed by atoms with Gasteiger partial charge < -0.3 is 20.1 Å². The number of nitrogens with one attached hydrogen (secondary N) is 2. The van der Waals surface area contributed by atoms with E-state index in [0.717, 1.165) is 85.9 Å². The molecule has 0 saturated carbocycles. The van der Waals surface area contributed by atoms with Crippen LogP contribution in [0.5, 0.6) is 5.75 Å². The Balaban J connectivity index is 1.33. The summed E-state index contributed by atoms with van der Waals surface area (Å²) in [6.07, 6.45) is 9.37. The van der Waals surface area contributed by atoms with Gasteiger partial charge in [0.15, 0.2) is 0 Å². The molecular weight excluding hydrogens is 442 g/mol. The predicted octanol–water partition coefficient (Wildman–Crippen LogP) is 3.40. The van der Waals surface area contributed by atoms with E-state index in [0.29, 0.717) is 5.95 Å². The van der Waals surface area contributed by atoms with E-state index in [1.165, 1.54) is 5.57 Å². The largest absolute Gasteiger partial charge is 0.496 e. The number of methoxy groups -OCH3 is 1. The zero-order valence-corrected chi connectivity index (χ0v) is 20.5. The first-order valence-corrected chi connectivity index (χ1v) is 12.4.